The highest BCUT2D eigenvalue weighted by molar-refractivity contribution is 7.12. The van der Waals surface area contributed by atoms with Crippen molar-refractivity contribution >= 4 is 22.8 Å². The third-order valence-electron chi connectivity index (χ3n) is 6.32. The average molecular weight is 446 g/mol. The van der Waals surface area contributed by atoms with Crippen LogP contribution in [-0.4, -0.2) is 5.78 Å². The summed E-state index contributed by atoms with van der Waals surface area (Å²) in [5.74, 6) is 0.141. The molecule has 1 aliphatic carbocycles. The Bertz CT molecular complexity index is 1180. The van der Waals surface area contributed by atoms with E-state index < -0.39 is 5.92 Å². The van der Waals surface area contributed by atoms with E-state index in [2.05, 4.69) is 52.8 Å². The number of nitriles is 1. The van der Waals surface area contributed by atoms with Crippen molar-refractivity contribution in [3.63, 3.8) is 0 Å². The molecule has 0 unspecified atom stereocenters. The third-order valence-corrected chi connectivity index (χ3v) is 7.90. The van der Waals surface area contributed by atoms with E-state index in [0.717, 1.165) is 33.8 Å². The summed E-state index contributed by atoms with van der Waals surface area (Å²) in [6.07, 6.45) is 1.20. The van der Waals surface area contributed by atoms with Gasteiger partial charge in [-0.1, -0.05) is 52.3 Å². The van der Waals surface area contributed by atoms with E-state index >= 15 is 0 Å². The molecule has 0 saturated carbocycles. The fourth-order valence-corrected chi connectivity index (χ4v) is 5.88. The van der Waals surface area contributed by atoms with Crippen molar-refractivity contribution in [2.75, 3.05) is 4.90 Å². The van der Waals surface area contributed by atoms with E-state index in [4.69, 9.17) is 5.73 Å². The molecule has 0 saturated heterocycles. The number of nitrogens with two attached hydrogens (primary N) is 1. The summed E-state index contributed by atoms with van der Waals surface area (Å²) in [4.78, 5) is 17.8. The number of hydrogen-bond acceptors (Lipinski definition) is 5. The Balaban J connectivity index is 1.96. The molecule has 1 aromatic carbocycles. The second-order valence-electron chi connectivity index (χ2n) is 10.8. The number of thiophene rings is 1. The lowest BCUT2D eigenvalue weighted by molar-refractivity contribution is -0.118. The predicted octanol–water partition coefficient (Wildman–Crippen LogP) is 6.29. The van der Waals surface area contributed by atoms with E-state index in [1.165, 1.54) is 4.88 Å². The van der Waals surface area contributed by atoms with Gasteiger partial charge in [0.2, 0.25) is 0 Å². The molecule has 0 radical (unpaired) electrons. The highest BCUT2D eigenvalue weighted by Crippen LogP contribution is 2.51. The molecule has 2 N–H and O–H groups in total. The summed E-state index contributed by atoms with van der Waals surface area (Å²) < 4.78 is 0. The van der Waals surface area contributed by atoms with Gasteiger partial charge in [-0.25, -0.2) is 0 Å². The molecule has 4 rings (SSSR count). The molecule has 0 fully saturated rings. The van der Waals surface area contributed by atoms with Crippen molar-refractivity contribution < 1.29 is 4.79 Å². The first-order chi connectivity index (χ1) is 14.9. The second kappa shape index (κ2) is 7.64. The van der Waals surface area contributed by atoms with Gasteiger partial charge in [-0.3, -0.25) is 9.69 Å². The molecule has 0 bridgehead atoms. The summed E-state index contributed by atoms with van der Waals surface area (Å²) in [7, 11) is 0. The number of allylic oxidation sites excluding steroid dienone is 3. The Kier molecular flexibility index (Phi) is 5.33. The first-order valence-corrected chi connectivity index (χ1v) is 11.9. The zero-order valence-corrected chi connectivity index (χ0v) is 20.6. The number of carbonyl (C=O) groups excluding carboxylic acids is 1. The van der Waals surface area contributed by atoms with Crippen LogP contribution in [0.4, 0.5) is 5.69 Å². The standard InChI is InChI=1S/C27H31N3OS/c1-16-7-9-17(10-8-16)30-19-13-27(5,6)14-20(31)24(19)23(18(15-28)25(30)29)21-11-12-22(32-21)26(2,3)4/h7-12,23H,13-14,29H2,1-6H3/t23-/m0/s1. The highest BCUT2D eigenvalue weighted by Gasteiger charge is 2.45. The Morgan fingerprint density at radius 3 is 2.34 bits per heavy atom. The first-order valence-electron chi connectivity index (χ1n) is 11.1. The fraction of sp³-hybridized carbons (Fsp3) is 0.407. The van der Waals surface area contributed by atoms with Gasteiger partial charge in [0.25, 0.3) is 0 Å². The third kappa shape index (κ3) is 3.78. The van der Waals surface area contributed by atoms with E-state index in [9.17, 15) is 10.1 Å². The van der Waals surface area contributed by atoms with Crippen LogP contribution in [0.15, 0.2) is 59.1 Å². The summed E-state index contributed by atoms with van der Waals surface area (Å²) in [6.45, 7) is 12.8. The van der Waals surface area contributed by atoms with Crippen molar-refractivity contribution in [1.29, 1.82) is 5.26 Å². The van der Waals surface area contributed by atoms with Gasteiger partial charge in [0.05, 0.1) is 17.6 Å². The lowest BCUT2D eigenvalue weighted by Gasteiger charge is -2.43. The predicted molar refractivity (Wildman–Crippen MR) is 131 cm³/mol. The quantitative estimate of drug-likeness (QED) is 0.589. The number of anilines is 1. The maximum absolute atomic E-state index is 13.6. The van der Waals surface area contributed by atoms with E-state index in [1.54, 1.807) is 11.3 Å². The van der Waals surface area contributed by atoms with Crippen molar-refractivity contribution in [3.05, 3.63) is 74.4 Å². The van der Waals surface area contributed by atoms with Crippen LogP contribution in [0, 0.1) is 23.7 Å². The molecule has 5 heteroatoms. The SMILES string of the molecule is Cc1ccc(N2C(N)=C(C#N)[C@@H](c3ccc(C(C)(C)C)s3)C3=C2CC(C)(C)CC3=O)cc1. The number of nitrogens with zero attached hydrogens (tertiary/aromatic N) is 2. The molecular formula is C27H31N3OS. The maximum atomic E-state index is 13.6. The summed E-state index contributed by atoms with van der Waals surface area (Å²) in [5, 5.41) is 10.2. The zero-order chi connectivity index (χ0) is 23.4. The summed E-state index contributed by atoms with van der Waals surface area (Å²) in [6, 6.07) is 14.6. The summed E-state index contributed by atoms with van der Waals surface area (Å²) in [5.41, 5.74) is 10.7. The molecule has 2 aromatic rings. The maximum Gasteiger partial charge on any atom is 0.162 e. The lowest BCUT2D eigenvalue weighted by atomic mass is 9.69. The molecule has 1 atom stereocenters. The van der Waals surface area contributed by atoms with Gasteiger partial charge in [-0.05, 0) is 48.4 Å². The topological polar surface area (TPSA) is 70.1 Å². The zero-order valence-electron chi connectivity index (χ0n) is 19.7. The van der Waals surface area contributed by atoms with Crippen molar-refractivity contribution in [1.82, 2.24) is 0 Å². The van der Waals surface area contributed by atoms with Crippen molar-refractivity contribution in [2.24, 2.45) is 11.1 Å². The lowest BCUT2D eigenvalue weighted by Crippen LogP contribution is -2.42. The Morgan fingerprint density at radius 1 is 1.12 bits per heavy atom. The van der Waals surface area contributed by atoms with Crippen LogP contribution in [0.2, 0.25) is 0 Å². The van der Waals surface area contributed by atoms with Gasteiger partial charge in [0.1, 0.15) is 5.82 Å². The van der Waals surface area contributed by atoms with Crippen molar-refractivity contribution in [2.45, 2.75) is 65.7 Å². The second-order valence-corrected chi connectivity index (χ2v) is 11.9. The molecule has 1 aliphatic heterocycles. The van der Waals surface area contributed by atoms with Gasteiger partial charge in [0.15, 0.2) is 5.78 Å². The number of carbonyl (C=O) groups is 1. The van der Waals surface area contributed by atoms with Crippen molar-refractivity contribution in [3.8, 4) is 6.07 Å². The number of ketones is 1. The highest BCUT2D eigenvalue weighted by atomic mass is 32.1. The number of rotatable bonds is 2. The minimum absolute atomic E-state index is 0.00333. The van der Waals surface area contributed by atoms with Gasteiger partial charge >= 0.3 is 0 Å². The fourth-order valence-electron chi connectivity index (χ4n) is 4.69. The minimum atomic E-state index is -0.401. The van der Waals surface area contributed by atoms with Gasteiger partial charge < -0.3 is 5.73 Å². The van der Waals surface area contributed by atoms with Crippen LogP contribution in [0.25, 0.3) is 0 Å². The molecule has 32 heavy (non-hydrogen) atoms. The molecular weight excluding hydrogens is 414 g/mol. The van der Waals surface area contributed by atoms with Gasteiger partial charge in [-0.15, -0.1) is 11.3 Å². The average Bonchev–Trinajstić information content (AvgIpc) is 3.18. The molecule has 0 spiro atoms. The van der Waals surface area contributed by atoms with E-state index in [-0.39, 0.29) is 16.6 Å². The largest absolute Gasteiger partial charge is 0.384 e. The normalized spacial score (nSPS) is 21.0. The van der Waals surface area contributed by atoms with Crippen LogP contribution in [0.3, 0.4) is 0 Å². The van der Waals surface area contributed by atoms with Crippen LogP contribution < -0.4 is 10.6 Å². The van der Waals surface area contributed by atoms with E-state index in [1.807, 2.05) is 36.1 Å². The summed E-state index contributed by atoms with van der Waals surface area (Å²) >= 11 is 1.68. The van der Waals surface area contributed by atoms with Crippen LogP contribution in [0.5, 0.6) is 0 Å². The van der Waals surface area contributed by atoms with E-state index in [0.29, 0.717) is 17.8 Å². The molecule has 2 aliphatic rings. The number of aryl methyl sites for hydroxylation is 1. The van der Waals surface area contributed by atoms with Crippen LogP contribution in [0.1, 0.15) is 68.7 Å². The smallest absolute Gasteiger partial charge is 0.162 e. The Labute approximate surface area is 195 Å². The number of benzene rings is 1. The molecule has 1 aromatic heterocycles. The Hall–Kier alpha value is -2.84. The van der Waals surface area contributed by atoms with Gasteiger partial charge in [0, 0.05) is 33.1 Å². The number of hydrogen-bond donors (Lipinski definition) is 1. The number of Topliss-reactive ketones (excluding diaryl/α,β-unsaturated/α-hetero) is 1. The first kappa shape index (κ1) is 22.4. The Morgan fingerprint density at radius 2 is 1.78 bits per heavy atom. The molecule has 2 heterocycles. The molecule has 0 amide bonds. The van der Waals surface area contributed by atoms with Crippen LogP contribution in [-0.2, 0) is 10.2 Å². The molecule has 4 nitrogen and oxygen atoms in total. The van der Waals surface area contributed by atoms with Crippen LogP contribution >= 0.6 is 11.3 Å². The molecule has 166 valence electrons. The van der Waals surface area contributed by atoms with Gasteiger partial charge in [-0.2, -0.15) is 5.26 Å². The monoisotopic (exact) mass is 445 g/mol. The minimum Gasteiger partial charge on any atom is -0.384 e.